The van der Waals surface area contributed by atoms with Crippen LogP contribution in [-0.4, -0.2) is 25.0 Å². The highest BCUT2D eigenvalue weighted by Crippen LogP contribution is 2.26. The van der Waals surface area contributed by atoms with E-state index in [9.17, 15) is 9.59 Å². The highest BCUT2D eigenvalue weighted by Gasteiger charge is 2.15. The summed E-state index contributed by atoms with van der Waals surface area (Å²) in [6.07, 6.45) is 2.43. The Balaban J connectivity index is 1.36. The molecule has 0 fully saturated rings. The first-order chi connectivity index (χ1) is 19.9. The minimum Gasteiger partial charge on any atom is -0.493 e. The molecule has 4 aromatic carbocycles. The molecule has 0 bridgehead atoms. The van der Waals surface area contributed by atoms with Gasteiger partial charge in [-0.2, -0.15) is 0 Å². The number of anilines is 2. The predicted molar refractivity (Wildman–Crippen MR) is 171 cm³/mol. The number of nitrogens with one attached hydrogen (secondary N) is 2. The van der Waals surface area contributed by atoms with Gasteiger partial charge in [0.25, 0.3) is 11.8 Å². The van der Waals surface area contributed by atoms with Crippen LogP contribution in [0.5, 0.6) is 11.5 Å². The fourth-order valence-corrected chi connectivity index (χ4v) is 4.80. The molecule has 0 aromatic heterocycles. The molecule has 2 amide bonds. The van der Waals surface area contributed by atoms with Crippen molar-refractivity contribution in [1.29, 1.82) is 0 Å². The molecule has 4 rings (SSSR count). The summed E-state index contributed by atoms with van der Waals surface area (Å²) < 4.78 is 13.1. The summed E-state index contributed by atoms with van der Waals surface area (Å²) >= 11 is 6.87. The molecular weight excluding hydrogens is 648 g/mol. The van der Waals surface area contributed by atoms with E-state index >= 15 is 0 Å². The Kier molecular flexibility index (Phi) is 11.0. The van der Waals surface area contributed by atoms with E-state index in [4.69, 9.17) is 9.47 Å². The molecule has 0 aliphatic carbocycles. The Morgan fingerprint density at radius 3 is 1.37 bits per heavy atom. The normalized spacial score (nSPS) is 10.6. The monoisotopic (exact) mass is 678 g/mol. The third kappa shape index (κ3) is 8.68. The second-order valence-electron chi connectivity index (χ2n) is 9.46. The molecule has 0 saturated carbocycles. The number of hydrogen-bond acceptors (Lipinski definition) is 4. The Morgan fingerprint density at radius 1 is 0.610 bits per heavy atom. The van der Waals surface area contributed by atoms with Crippen LogP contribution >= 0.6 is 31.9 Å². The number of hydrogen-bond donors (Lipinski definition) is 2. The third-order valence-electron chi connectivity index (χ3n) is 6.13. The zero-order chi connectivity index (χ0) is 29.2. The number of carbonyl (C=O) groups is 2. The lowest BCUT2D eigenvalue weighted by Gasteiger charge is -2.13. The van der Waals surface area contributed by atoms with Gasteiger partial charge in [-0.05, 0) is 91.1 Å². The lowest BCUT2D eigenvalue weighted by atomic mass is 10.0. The van der Waals surface area contributed by atoms with E-state index in [1.54, 1.807) is 24.3 Å². The third-order valence-corrected chi connectivity index (χ3v) is 7.11. The summed E-state index contributed by atoms with van der Waals surface area (Å²) in [7, 11) is 0. The number of rotatable bonds is 12. The molecule has 0 saturated heterocycles. The molecule has 0 atom stereocenters. The average molecular weight is 680 g/mol. The van der Waals surface area contributed by atoms with E-state index in [1.165, 1.54) is 0 Å². The molecule has 41 heavy (non-hydrogen) atoms. The maximum Gasteiger partial charge on any atom is 0.259 e. The Hall–Kier alpha value is -3.62. The van der Waals surface area contributed by atoms with Crippen molar-refractivity contribution in [3.8, 4) is 11.5 Å². The van der Waals surface area contributed by atoms with Crippen LogP contribution in [0, 0.1) is 0 Å². The smallest absolute Gasteiger partial charge is 0.259 e. The van der Waals surface area contributed by atoms with Gasteiger partial charge in [-0.1, -0.05) is 70.0 Å². The molecular formula is C33H32Br2N2O4. The van der Waals surface area contributed by atoms with Crippen molar-refractivity contribution >= 4 is 55.0 Å². The van der Waals surface area contributed by atoms with Gasteiger partial charge in [-0.25, -0.2) is 0 Å². The summed E-state index contributed by atoms with van der Waals surface area (Å²) in [5.74, 6) is 0.667. The molecule has 2 N–H and O–H groups in total. The van der Waals surface area contributed by atoms with Gasteiger partial charge in [0.05, 0.1) is 24.3 Å². The number of amides is 2. The highest BCUT2D eigenvalue weighted by atomic mass is 79.9. The minimum atomic E-state index is -0.227. The molecule has 0 aliphatic heterocycles. The van der Waals surface area contributed by atoms with Crippen molar-refractivity contribution in [2.24, 2.45) is 0 Å². The van der Waals surface area contributed by atoms with Gasteiger partial charge in [-0.3, -0.25) is 9.59 Å². The quantitative estimate of drug-likeness (QED) is 0.157. The summed E-state index contributed by atoms with van der Waals surface area (Å²) in [6, 6.07) is 26.4. The Bertz CT molecular complexity index is 1380. The highest BCUT2D eigenvalue weighted by molar-refractivity contribution is 9.10. The first-order valence-electron chi connectivity index (χ1n) is 13.5. The largest absolute Gasteiger partial charge is 0.493 e. The number of ether oxygens (including phenoxy) is 2. The molecule has 8 heteroatoms. The van der Waals surface area contributed by atoms with Crippen molar-refractivity contribution in [2.75, 3.05) is 23.8 Å². The van der Waals surface area contributed by atoms with Crippen LogP contribution in [0.15, 0.2) is 93.9 Å². The lowest BCUT2D eigenvalue weighted by molar-refractivity contribution is 0.101. The second kappa shape index (κ2) is 14.8. The first kappa shape index (κ1) is 30.3. The van der Waals surface area contributed by atoms with Gasteiger partial charge < -0.3 is 20.1 Å². The summed E-state index contributed by atoms with van der Waals surface area (Å²) in [5.41, 5.74) is 4.56. The fourth-order valence-electron chi connectivity index (χ4n) is 4.08. The average Bonchev–Trinajstić information content (AvgIpc) is 2.97. The standard InChI is InChI=1S/C33H32Br2N2O4/c1-3-17-40-30-15-9-24(34)20-28(30)32(38)36-26-11-5-22(6-12-26)19-23-7-13-27(14-8-23)37-33(39)29-21-25(35)10-16-31(29)41-18-4-2/h5-16,20-21H,3-4,17-19H2,1-2H3,(H,36,38)(H,37,39). The second-order valence-corrected chi connectivity index (χ2v) is 11.3. The van der Waals surface area contributed by atoms with Crippen molar-refractivity contribution in [3.63, 3.8) is 0 Å². The van der Waals surface area contributed by atoms with E-state index in [0.717, 1.165) is 32.9 Å². The minimum absolute atomic E-state index is 0.227. The Morgan fingerprint density at radius 2 is 1.00 bits per heavy atom. The van der Waals surface area contributed by atoms with Gasteiger partial charge in [0, 0.05) is 20.3 Å². The van der Waals surface area contributed by atoms with Crippen LogP contribution in [0.25, 0.3) is 0 Å². The zero-order valence-corrected chi connectivity index (χ0v) is 26.2. The SMILES string of the molecule is CCCOc1ccc(Br)cc1C(=O)Nc1ccc(Cc2ccc(NC(=O)c3cc(Br)ccc3OCCC)cc2)cc1. The van der Waals surface area contributed by atoms with Crippen molar-refractivity contribution in [3.05, 3.63) is 116 Å². The van der Waals surface area contributed by atoms with Crippen LogP contribution < -0.4 is 20.1 Å². The maximum absolute atomic E-state index is 13.0. The zero-order valence-electron chi connectivity index (χ0n) is 23.0. The van der Waals surface area contributed by atoms with Gasteiger partial charge in [0.1, 0.15) is 11.5 Å². The van der Waals surface area contributed by atoms with Crippen LogP contribution in [0.2, 0.25) is 0 Å². The van der Waals surface area contributed by atoms with Gasteiger partial charge in [0.15, 0.2) is 0 Å². The van der Waals surface area contributed by atoms with Crippen molar-refractivity contribution in [1.82, 2.24) is 0 Å². The first-order valence-corrected chi connectivity index (χ1v) is 15.1. The van der Waals surface area contributed by atoms with Crippen molar-refractivity contribution < 1.29 is 19.1 Å². The number of benzene rings is 4. The fraction of sp³-hybridized carbons (Fsp3) is 0.212. The molecule has 212 valence electrons. The van der Waals surface area contributed by atoms with Crippen LogP contribution in [0.1, 0.15) is 58.5 Å². The molecule has 0 aliphatic rings. The van der Waals surface area contributed by atoms with Gasteiger partial charge in [-0.15, -0.1) is 0 Å². The Labute approximate surface area is 257 Å². The molecule has 4 aromatic rings. The summed E-state index contributed by atoms with van der Waals surface area (Å²) in [4.78, 5) is 25.9. The van der Waals surface area contributed by atoms with Gasteiger partial charge in [0.2, 0.25) is 0 Å². The van der Waals surface area contributed by atoms with E-state index < -0.39 is 0 Å². The van der Waals surface area contributed by atoms with E-state index in [-0.39, 0.29) is 11.8 Å². The summed E-state index contributed by atoms with van der Waals surface area (Å²) in [6.45, 7) is 5.14. The van der Waals surface area contributed by atoms with Crippen LogP contribution in [-0.2, 0) is 6.42 Å². The molecule has 0 radical (unpaired) electrons. The number of carbonyl (C=O) groups excluding carboxylic acids is 2. The lowest BCUT2D eigenvalue weighted by Crippen LogP contribution is -2.14. The van der Waals surface area contributed by atoms with E-state index in [1.807, 2.05) is 74.5 Å². The van der Waals surface area contributed by atoms with Gasteiger partial charge >= 0.3 is 0 Å². The maximum atomic E-state index is 13.0. The number of halogens is 2. The molecule has 0 unspecified atom stereocenters. The van der Waals surface area contributed by atoms with Crippen molar-refractivity contribution in [2.45, 2.75) is 33.1 Å². The van der Waals surface area contributed by atoms with E-state index in [0.29, 0.717) is 53.6 Å². The molecule has 6 nitrogen and oxygen atoms in total. The topological polar surface area (TPSA) is 76.7 Å². The van der Waals surface area contributed by atoms with Crippen LogP contribution in [0.4, 0.5) is 11.4 Å². The van der Waals surface area contributed by atoms with E-state index in [2.05, 4.69) is 42.5 Å². The molecule has 0 heterocycles. The van der Waals surface area contributed by atoms with Crippen LogP contribution in [0.3, 0.4) is 0 Å². The summed E-state index contributed by atoms with van der Waals surface area (Å²) in [5, 5.41) is 5.92. The predicted octanol–water partition coefficient (Wildman–Crippen LogP) is 8.88. The molecule has 0 spiro atoms.